The molecule has 2 saturated heterocycles. The first-order chi connectivity index (χ1) is 5.91. The van der Waals surface area contributed by atoms with E-state index in [1.54, 1.807) is 0 Å². The van der Waals surface area contributed by atoms with Crippen LogP contribution in [0.15, 0.2) is 0 Å². The summed E-state index contributed by atoms with van der Waals surface area (Å²) in [5.74, 6) is 0. The molecular weight excluding hydrogens is 186 g/mol. The van der Waals surface area contributed by atoms with Gasteiger partial charge >= 0.3 is 0 Å². The van der Waals surface area contributed by atoms with Gasteiger partial charge in [-0.3, -0.25) is 0 Å². The Morgan fingerprint density at radius 2 is 1.77 bits per heavy atom. The quantitative estimate of drug-likeness (QED) is 0.653. The average molecular weight is 206 g/mol. The second-order valence-corrected chi connectivity index (χ2v) is 4.25. The van der Waals surface area contributed by atoms with Crippen molar-refractivity contribution in [2.45, 2.75) is 32.1 Å². The molecule has 0 aliphatic carbocycles. The SMILES string of the molecule is C1CCC2(CCOCC2)CNC1.Cl. The van der Waals surface area contributed by atoms with Crippen LogP contribution >= 0.6 is 12.4 Å². The summed E-state index contributed by atoms with van der Waals surface area (Å²) in [5.41, 5.74) is 0.606. The molecule has 78 valence electrons. The van der Waals surface area contributed by atoms with Crippen molar-refractivity contribution in [2.24, 2.45) is 5.41 Å². The van der Waals surface area contributed by atoms with E-state index in [1.807, 2.05) is 0 Å². The van der Waals surface area contributed by atoms with Crippen molar-refractivity contribution < 1.29 is 4.74 Å². The van der Waals surface area contributed by atoms with Gasteiger partial charge in [-0.25, -0.2) is 0 Å². The Labute approximate surface area is 86.8 Å². The summed E-state index contributed by atoms with van der Waals surface area (Å²) >= 11 is 0. The third kappa shape index (κ3) is 2.83. The Kier molecular flexibility index (Phi) is 4.50. The Hall–Kier alpha value is 0.210. The first-order valence-corrected chi connectivity index (χ1v) is 5.20. The van der Waals surface area contributed by atoms with Crippen LogP contribution in [-0.4, -0.2) is 26.3 Å². The number of ether oxygens (including phenoxy) is 1. The zero-order chi connectivity index (χ0) is 8.28. The van der Waals surface area contributed by atoms with Gasteiger partial charge in [0.25, 0.3) is 0 Å². The molecule has 2 nitrogen and oxygen atoms in total. The zero-order valence-corrected chi connectivity index (χ0v) is 9.00. The molecule has 2 heterocycles. The normalized spacial score (nSPS) is 27.7. The second-order valence-electron chi connectivity index (χ2n) is 4.25. The van der Waals surface area contributed by atoms with Gasteiger partial charge in [0.1, 0.15) is 0 Å². The van der Waals surface area contributed by atoms with E-state index in [9.17, 15) is 0 Å². The van der Waals surface area contributed by atoms with Crippen molar-refractivity contribution in [3.8, 4) is 0 Å². The van der Waals surface area contributed by atoms with Gasteiger partial charge in [0.2, 0.25) is 0 Å². The number of halogens is 1. The molecule has 1 N–H and O–H groups in total. The second kappa shape index (κ2) is 5.18. The maximum atomic E-state index is 5.41. The molecule has 0 aromatic rings. The van der Waals surface area contributed by atoms with E-state index >= 15 is 0 Å². The van der Waals surface area contributed by atoms with Crippen LogP contribution in [0.25, 0.3) is 0 Å². The molecule has 0 amide bonds. The summed E-state index contributed by atoms with van der Waals surface area (Å²) in [5, 5.41) is 3.55. The number of hydrogen-bond acceptors (Lipinski definition) is 2. The standard InChI is InChI=1S/C10H19NO.ClH/c1-2-6-11-9-10(3-1)4-7-12-8-5-10;/h11H,1-9H2;1H. The lowest BCUT2D eigenvalue weighted by Gasteiger charge is -2.36. The fraction of sp³-hybridized carbons (Fsp3) is 1.00. The van der Waals surface area contributed by atoms with Gasteiger partial charge in [0, 0.05) is 19.8 Å². The molecule has 0 aromatic carbocycles. The molecule has 13 heavy (non-hydrogen) atoms. The summed E-state index contributed by atoms with van der Waals surface area (Å²) in [4.78, 5) is 0. The van der Waals surface area contributed by atoms with Gasteiger partial charge in [0.05, 0.1) is 0 Å². The van der Waals surface area contributed by atoms with Crippen LogP contribution in [0.1, 0.15) is 32.1 Å². The Morgan fingerprint density at radius 1 is 1.00 bits per heavy atom. The molecule has 1 spiro atoms. The smallest absolute Gasteiger partial charge is 0.0471 e. The van der Waals surface area contributed by atoms with E-state index < -0.39 is 0 Å². The van der Waals surface area contributed by atoms with E-state index in [0.717, 1.165) is 13.2 Å². The minimum Gasteiger partial charge on any atom is -0.381 e. The van der Waals surface area contributed by atoms with Gasteiger partial charge in [-0.2, -0.15) is 0 Å². The van der Waals surface area contributed by atoms with Crippen LogP contribution in [0.2, 0.25) is 0 Å². The van der Waals surface area contributed by atoms with Gasteiger partial charge < -0.3 is 10.1 Å². The summed E-state index contributed by atoms with van der Waals surface area (Å²) in [7, 11) is 0. The molecule has 0 radical (unpaired) electrons. The Bertz CT molecular complexity index is 136. The average Bonchev–Trinajstić information content (AvgIpc) is 2.33. The van der Waals surface area contributed by atoms with E-state index in [4.69, 9.17) is 4.74 Å². The minimum absolute atomic E-state index is 0. The van der Waals surface area contributed by atoms with Crippen LogP contribution in [0.3, 0.4) is 0 Å². The first-order valence-electron chi connectivity index (χ1n) is 5.20. The fourth-order valence-electron chi connectivity index (χ4n) is 2.42. The predicted molar refractivity (Wildman–Crippen MR) is 56.5 cm³/mol. The molecule has 0 bridgehead atoms. The molecule has 2 rings (SSSR count). The van der Waals surface area contributed by atoms with Crippen molar-refractivity contribution >= 4 is 12.4 Å². The predicted octanol–water partition coefficient (Wildman–Crippen LogP) is 1.98. The molecule has 0 unspecified atom stereocenters. The number of nitrogens with one attached hydrogen (secondary N) is 1. The lowest BCUT2D eigenvalue weighted by atomic mass is 9.77. The highest BCUT2D eigenvalue weighted by Crippen LogP contribution is 2.36. The molecule has 2 fully saturated rings. The summed E-state index contributed by atoms with van der Waals surface area (Å²) in [6, 6.07) is 0. The largest absolute Gasteiger partial charge is 0.381 e. The molecule has 2 aliphatic rings. The van der Waals surface area contributed by atoms with Gasteiger partial charge in [0.15, 0.2) is 0 Å². The molecule has 0 saturated carbocycles. The van der Waals surface area contributed by atoms with Gasteiger partial charge in [-0.15, -0.1) is 12.4 Å². The van der Waals surface area contributed by atoms with Gasteiger partial charge in [-0.1, -0.05) is 6.42 Å². The monoisotopic (exact) mass is 205 g/mol. The lowest BCUT2D eigenvalue weighted by molar-refractivity contribution is 0.0128. The van der Waals surface area contributed by atoms with E-state index in [1.165, 1.54) is 45.2 Å². The Balaban J connectivity index is 0.000000845. The van der Waals surface area contributed by atoms with Crippen LogP contribution < -0.4 is 5.32 Å². The van der Waals surface area contributed by atoms with Crippen LogP contribution in [-0.2, 0) is 4.74 Å². The minimum atomic E-state index is 0. The van der Waals surface area contributed by atoms with Crippen LogP contribution in [0, 0.1) is 5.41 Å². The molecule has 0 aromatic heterocycles. The molecular formula is C10H20ClNO. The van der Waals surface area contributed by atoms with Crippen molar-refractivity contribution in [1.29, 1.82) is 0 Å². The zero-order valence-electron chi connectivity index (χ0n) is 8.18. The highest BCUT2D eigenvalue weighted by molar-refractivity contribution is 5.85. The molecule has 0 atom stereocenters. The van der Waals surface area contributed by atoms with Gasteiger partial charge in [-0.05, 0) is 37.6 Å². The fourth-order valence-corrected chi connectivity index (χ4v) is 2.42. The summed E-state index contributed by atoms with van der Waals surface area (Å²) in [6.45, 7) is 4.43. The van der Waals surface area contributed by atoms with E-state index in [2.05, 4.69) is 5.32 Å². The summed E-state index contributed by atoms with van der Waals surface area (Å²) < 4.78 is 5.41. The molecule has 3 heteroatoms. The first kappa shape index (κ1) is 11.3. The van der Waals surface area contributed by atoms with Crippen molar-refractivity contribution in [2.75, 3.05) is 26.3 Å². The third-order valence-electron chi connectivity index (χ3n) is 3.36. The Morgan fingerprint density at radius 3 is 2.54 bits per heavy atom. The van der Waals surface area contributed by atoms with Crippen molar-refractivity contribution in [3.63, 3.8) is 0 Å². The lowest BCUT2D eigenvalue weighted by Crippen LogP contribution is -2.37. The topological polar surface area (TPSA) is 21.3 Å². The van der Waals surface area contributed by atoms with E-state index in [0.29, 0.717) is 5.41 Å². The number of rotatable bonds is 0. The van der Waals surface area contributed by atoms with Crippen LogP contribution in [0.5, 0.6) is 0 Å². The summed E-state index contributed by atoms with van der Waals surface area (Å²) in [6.07, 6.45) is 6.75. The van der Waals surface area contributed by atoms with Crippen molar-refractivity contribution in [3.05, 3.63) is 0 Å². The number of hydrogen-bond donors (Lipinski definition) is 1. The molecule has 2 aliphatic heterocycles. The third-order valence-corrected chi connectivity index (χ3v) is 3.36. The van der Waals surface area contributed by atoms with E-state index in [-0.39, 0.29) is 12.4 Å². The highest BCUT2D eigenvalue weighted by Gasteiger charge is 2.32. The maximum absolute atomic E-state index is 5.41. The van der Waals surface area contributed by atoms with Crippen molar-refractivity contribution in [1.82, 2.24) is 5.32 Å². The van der Waals surface area contributed by atoms with Crippen LogP contribution in [0.4, 0.5) is 0 Å². The maximum Gasteiger partial charge on any atom is 0.0471 e. The highest BCUT2D eigenvalue weighted by atomic mass is 35.5.